The van der Waals surface area contributed by atoms with Crippen molar-refractivity contribution in [3.63, 3.8) is 0 Å². The number of unbranched alkanes of at least 4 members (excludes halogenated alkanes) is 1. The number of esters is 1. The monoisotopic (exact) mass is 472 g/mol. The van der Waals surface area contributed by atoms with E-state index in [4.69, 9.17) is 9.57 Å². The lowest BCUT2D eigenvalue weighted by Gasteiger charge is -2.19. The first-order chi connectivity index (χ1) is 17.2. The molecule has 0 radical (unpaired) electrons. The summed E-state index contributed by atoms with van der Waals surface area (Å²) in [7, 11) is 0. The second kappa shape index (κ2) is 11.3. The van der Waals surface area contributed by atoms with E-state index in [9.17, 15) is 9.59 Å². The number of benzene rings is 2. The van der Waals surface area contributed by atoms with Crippen molar-refractivity contribution in [1.82, 2.24) is 14.7 Å². The van der Waals surface area contributed by atoms with Gasteiger partial charge >= 0.3 is 11.5 Å². The second-order valence-electron chi connectivity index (χ2n) is 7.88. The van der Waals surface area contributed by atoms with E-state index in [0.717, 1.165) is 28.7 Å². The van der Waals surface area contributed by atoms with E-state index in [-0.39, 0.29) is 17.8 Å². The Bertz CT molecular complexity index is 1350. The molecule has 2 aromatic heterocycles. The van der Waals surface area contributed by atoms with Crippen LogP contribution in [0.25, 0.3) is 22.3 Å². The maximum absolute atomic E-state index is 13.6. The minimum absolute atomic E-state index is 0.127. The predicted molar refractivity (Wildman–Crippen MR) is 135 cm³/mol. The third-order valence-electron chi connectivity index (χ3n) is 5.48. The minimum Gasteiger partial charge on any atom is -0.462 e. The molecule has 0 aliphatic carbocycles. The van der Waals surface area contributed by atoms with Crippen molar-refractivity contribution in [2.75, 3.05) is 18.5 Å². The summed E-state index contributed by atoms with van der Waals surface area (Å²) >= 11 is 0. The molecule has 4 rings (SSSR count). The van der Waals surface area contributed by atoms with Gasteiger partial charge in [0.2, 0.25) is 0 Å². The van der Waals surface area contributed by atoms with Crippen LogP contribution in [0.5, 0.6) is 0 Å². The average Bonchev–Trinajstić information content (AvgIpc) is 2.89. The molecule has 35 heavy (non-hydrogen) atoms. The molecule has 2 heterocycles. The number of ether oxygens (including phenoxy) is 1. The summed E-state index contributed by atoms with van der Waals surface area (Å²) in [5.41, 5.74) is 2.21. The quantitative estimate of drug-likeness (QED) is 0.269. The Morgan fingerprint density at radius 2 is 1.71 bits per heavy atom. The number of carbonyl (C=O) groups excluding carboxylic acids is 1. The van der Waals surface area contributed by atoms with Gasteiger partial charge in [0.05, 0.1) is 23.4 Å². The highest BCUT2D eigenvalue weighted by Gasteiger charge is 2.27. The topological polar surface area (TPSA) is 95.3 Å². The molecule has 0 bridgehead atoms. The molecule has 180 valence electrons. The molecular weight excluding hydrogens is 444 g/mol. The fraction of sp³-hybridized carbons (Fsp3) is 0.259. The molecule has 0 saturated heterocycles. The van der Waals surface area contributed by atoms with Crippen LogP contribution in [0, 0.1) is 0 Å². The molecule has 0 saturated carbocycles. The highest BCUT2D eigenvalue weighted by atomic mass is 16.7. The fourth-order valence-corrected chi connectivity index (χ4v) is 3.78. The van der Waals surface area contributed by atoms with Crippen LogP contribution in [-0.4, -0.2) is 33.9 Å². The highest BCUT2D eigenvalue weighted by Crippen LogP contribution is 2.33. The lowest BCUT2D eigenvalue weighted by molar-refractivity contribution is 0.0515. The molecule has 8 nitrogen and oxygen atoms in total. The standard InChI is InChI=1S/C27H28N4O4/c1-3-5-16-35-31-25-21(23(29-18-30-25)20-14-10-7-11-15-20)24(22(26(31)32)27(33)34-4-2)28-17-19-12-8-6-9-13-19/h6-15,18,28H,3-5,16-17H2,1-2H3. The molecule has 0 fully saturated rings. The number of nitrogens with one attached hydrogen (secondary N) is 1. The van der Waals surface area contributed by atoms with E-state index in [1.54, 1.807) is 6.92 Å². The third-order valence-corrected chi connectivity index (χ3v) is 5.48. The average molecular weight is 473 g/mol. The maximum Gasteiger partial charge on any atom is 0.346 e. The van der Waals surface area contributed by atoms with Gasteiger partial charge in [-0.25, -0.2) is 14.8 Å². The van der Waals surface area contributed by atoms with Crippen LogP contribution in [0.1, 0.15) is 42.6 Å². The first kappa shape index (κ1) is 23.9. The van der Waals surface area contributed by atoms with Gasteiger partial charge in [-0.2, -0.15) is 0 Å². The first-order valence-electron chi connectivity index (χ1n) is 11.7. The fourth-order valence-electron chi connectivity index (χ4n) is 3.78. The van der Waals surface area contributed by atoms with Gasteiger partial charge in [0, 0.05) is 12.1 Å². The van der Waals surface area contributed by atoms with Crippen LogP contribution in [0.3, 0.4) is 0 Å². The number of nitrogens with zero attached hydrogens (tertiary/aromatic N) is 3. The van der Waals surface area contributed by atoms with Crippen LogP contribution in [0.15, 0.2) is 71.8 Å². The van der Waals surface area contributed by atoms with Crippen molar-refractivity contribution in [2.45, 2.75) is 33.2 Å². The number of rotatable bonds is 10. The van der Waals surface area contributed by atoms with Crippen LogP contribution < -0.4 is 15.7 Å². The Balaban J connectivity index is 2.01. The molecule has 0 aliphatic rings. The Hall–Kier alpha value is -4.20. The van der Waals surface area contributed by atoms with Crippen molar-refractivity contribution in [3.05, 3.63) is 88.5 Å². The number of hydrogen-bond donors (Lipinski definition) is 1. The molecular formula is C27H28N4O4. The molecule has 0 spiro atoms. The van der Waals surface area contributed by atoms with Crippen LogP contribution in [0.2, 0.25) is 0 Å². The summed E-state index contributed by atoms with van der Waals surface area (Å²) in [6.07, 6.45) is 3.03. The number of pyridine rings is 1. The normalized spacial score (nSPS) is 10.8. The molecule has 2 aromatic carbocycles. The zero-order valence-electron chi connectivity index (χ0n) is 19.9. The van der Waals surface area contributed by atoms with Gasteiger partial charge in [-0.1, -0.05) is 74.0 Å². The Morgan fingerprint density at radius 3 is 2.40 bits per heavy atom. The van der Waals surface area contributed by atoms with Crippen molar-refractivity contribution in [2.24, 2.45) is 0 Å². The van der Waals surface area contributed by atoms with Crippen molar-refractivity contribution >= 4 is 22.7 Å². The number of carbonyl (C=O) groups is 1. The molecule has 1 N–H and O–H groups in total. The summed E-state index contributed by atoms with van der Waals surface area (Å²) in [6.45, 7) is 4.54. The van der Waals surface area contributed by atoms with Gasteiger partial charge in [-0.15, -0.1) is 4.73 Å². The molecule has 4 aromatic rings. The van der Waals surface area contributed by atoms with E-state index in [1.807, 2.05) is 67.6 Å². The van der Waals surface area contributed by atoms with Crippen LogP contribution >= 0.6 is 0 Å². The summed E-state index contributed by atoms with van der Waals surface area (Å²) < 4.78 is 6.38. The Kier molecular flexibility index (Phi) is 7.72. The van der Waals surface area contributed by atoms with Gasteiger partial charge in [0.15, 0.2) is 11.2 Å². The van der Waals surface area contributed by atoms with Crippen LogP contribution in [-0.2, 0) is 11.3 Å². The number of hydrogen-bond acceptors (Lipinski definition) is 7. The maximum atomic E-state index is 13.6. The molecule has 8 heteroatoms. The summed E-state index contributed by atoms with van der Waals surface area (Å²) in [4.78, 5) is 41.5. The number of aromatic nitrogens is 3. The summed E-state index contributed by atoms with van der Waals surface area (Å²) in [6, 6.07) is 19.3. The zero-order chi connectivity index (χ0) is 24.6. The van der Waals surface area contributed by atoms with Crippen molar-refractivity contribution in [1.29, 1.82) is 0 Å². The third kappa shape index (κ3) is 5.16. The predicted octanol–water partition coefficient (Wildman–Crippen LogP) is 4.48. The second-order valence-corrected chi connectivity index (χ2v) is 7.88. The molecule has 0 aliphatic heterocycles. The molecule has 0 amide bonds. The highest BCUT2D eigenvalue weighted by molar-refractivity contribution is 6.08. The number of fused-ring (bicyclic) bond motifs is 1. The summed E-state index contributed by atoms with van der Waals surface area (Å²) in [5, 5.41) is 3.82. The lowest BCUT2D eigenvalue weighted by atomic mass is 10.0. The van der Waals surface area contributed by atoms with Crippen molar-refractivity contribution in [3.8, 4) is 11.3 Å². The minimum atomic E-state index is -0.731. The van der Waals surface area contributed by atoms with E-state index in [2.05, 4.69) is 15.3 Å². The lowest BCUT2D eigenvalue weighted by Crippen LogP contribution is -2.34. The van der Waals surface area contributed by atoms with E-state index >= 15 is 0 Å². The van der Waals surface area contributed by atoms with E-state index in [0.29, 0.717) is 29.9 Å². The van der Waals surface area contributed by atoms with Crippen molar-refractivity contribution < 1.29 is 14.4 Å². The molecule has 0 unspecified atom stereocenters. The largest absolute Gasteiger partial charge is 0.462 e. The Morgan fingerprint density at radius 1 is 1.00 bits per heavy atom. The first-order valence-corrected chi connectivity index (χ1v) is 11.7. The van der Waals surface area contributed by atoms with E-state index < -0.39 is 11.5 Å². The van der Waals surface area contributed by atoms with Gasteiger partial charge in [0.25, 0.3) is 0 Å². The van der Waals surface area contributed by atoms with Gasteiger partial charge in [-0.3, -0.25) is 4.79 Å². The zero-order valence-corrected chi connectivity index (χ0v) is 19.9. The summed E-state index contributed by atoms with van der Waals surface area (Å²) in [5.74, 6) is -0.731. The van der Waals surface area contributed by atoms with Gasteiger partial charge in [-0.05, 0) is 18.9 Å². The van der Waals surface area contributed by atoms with E-state index in [1.165, 1.54) is 6.33 Å². The smallest absolute Gasteiger partial charge is 0.346 e. The van der Waals surface area contributed by atoms with Gasteiger partial charge in [0.1, 0.15) is 12.9 Å². The van der Waals surface area contributed by atoms with Gasteiger partial charge < -0.3 is 14.9 Å². The molecule has 0 atom stereocenters. The Labute approximate surface area is 203 Å². The van der Waals surface area contributed by atoms with Crippen LogP contribution in [0.4, 0.5) is 5.69 Å². The number of anilines is 1. The SMILES string of the molecule is CCCCOn1c(=O)c(C(=O)OCC)c(NCc2ccccc2)c2c(-c3ccccc3)ncnc21.